The molecule has 0 saturated heterocycles. The van der Waals surface area contributed by atoms with Crippen molar-refractivity contribution in [2.45, 2.75) is 48.8 Å². The monoisotopic (exact) mass is 406 g/mol. The maximum absolute atomic E-state index is 14.6. The van der Waals surface area contributed by atoms with Crippen LogP contribution in [0.4, 0.5) is 8.78 Å². The topological polar surface area (TPSA) is 62.2 Å². The number of nitrogens with one attached hydrogen (secondary N) is 1. The number of benzene rings is 1. The largest absolute Gasteiger partial charge is 0.481 e. The lowest BCUT2D eigenvalue weighted by atomic mass is 10.00. The lowest BCUT2D eigenvalue weighted by Crippen LogP contribution is -2.20. The summed E-state index contributed by atoms with van der Waals surface area (Å²) in [5.74, 6) is -1.98. The highest BCUT2D eigenvalue weighted by Crippen LogP contribution is 2.40. The molecule has 0 atom stereocenters. The van der Waals surface area contributed by atoms with Crippen molar-refractivity contribution in [3.05, 3.63) is 47.7 Å². The molecule has 0 spiro atoms. The minimum absolute atomic E-state index is 0.0478. The van der Waals surface area contributed by atoms with Crippen LogP contribution in [-0.2, 0) is 11.2 Å². The lowest BCUT2D eigenvalue weighted by Gasteiger charge is -2.25. The Labute approximate surface area is 167 Å². The Kier molecular flexibility index (Phi) is 7.39. The van der Waals surface area contributed by atoms with E-state index in [1.165, 1.54) is 18.6 Å². The van der Waals surface area contributed by atoms with Gasteiger partial charge < -0.3 is 10.4 Å². The van der Waals surface area contributed by atoms with Gasteiger partial charge in [-0.15, -0.1) is 11.8 Å². The van der Waals surface area contributed by atoms with Gasteiger partial charge in [-0.25, -0.2) is 13.8 Å². The number of rotatable bonds is 10. The molecule has 0 bridgehead atoms. The van der Waals surface area contributed by atoms with Gasteiger partial charge in [0.1, 0.15) is 16.7 Å². The number of nitrogens with zero attached hydrogens (tertiary/aromatic N) is 1. The molecule has 28 heavy (non-hydrogen) atoms. The molecule has 0 aliphatic heterocycles. The second-order valence-corrected chi connectivity index (χ2v) is 8.23. The molecule has 1 aliphatic rings. The van der Waals surface area contributed by atoms with E-state index in [1.807, 2.05) is 6.07 Å². The van der Waals surface area contributed by atoms with E-state index in [0.29, 0.717) is 30.3 Å². The number of aromatic nitrogens is 1. The Balaban J connectivity index is 1.66. The number of aliphatic carboxylic acids is 1. The zero-order valence-corrected chi connectivity index (χ0v) is 16.4. The number of carboxylic acids is 1. The first kappa shape index (κ1) is 20.7. The van der Waals surface area contributed by atoms with Crippen LogP contribution in [0.1, 0.15) is 37.7 Å². The summed E-state index contributed by atoms with van der Waals surface area (Å²) in [4.78, 5) is 14.9. The summed E-state index contributed by atoms with van der Waals surface area (Å²) in [7, 11) is 0. The molecule has 0 unspecified atom stereocenters. The van der Waals surface area contributed by atoms with Crippen molar-refractivity contribution in [1.82, 2.24) is 10.3 Å². The average Bonchev–Trinajstić information content (AvgIpc) is 2.62. The van der Waals surface area contributed by atoms with Crippen LogP contribution in [-0.4, -0.2) is 34.4 Å². The predicted molar refractivity (Wildman–Crippen MR) is 107 cm³/mol. The maximum atomic E-state index is 14.6. The Morgan fingerprint density at radius 3 is 2.64 bits per heavy atom. The van der Waals surface area contributed by atoms with Crippen molar-refractivity contribution >= 4 is 17.7 Å². The fourth-order valence-electron chi connectivity index (χ4n) is 3.05. The van der Waals surface area contributed by atoms with Gasteiger partial charge in [0, 0.05) is 29.0 Å². The number of halogens is 2. The second-order valence-electron chi connectivity index (χ2n) is 6.94. The van der Waals surface area contributed by atoms with Crippen molar-refractivity contribution in [2.24, 2.45) is 0 Å². The van der Waals surface area contributed by atoms with E-state index in [4.69, 9.17) is 5.11 Å². The van der Waals surface area contributed by atoms with Gasteiger partial charge in [-0.05, 0) is 62.5 Å². The van der Waals surface area contributed by atoms with Crippen molar-refractivity contribution in [1.29, 1.82) is 0 Å². The number of pyridine rings is 1. The molecular formula is C21H24F2N2O2S. The number of carboxylic acid groups (broad SMARTS) is 1. The summed E-state index contributed by atoms with van der Waals surface area (Å²) < 4.78 is 29.2. The molecule has 1 aromatic heterocycles. The highest BCUT2D eigenvalue weighted by Gasteiger charge is 2.21. The minimum atomic E-state index is -0.847. The van der Waals surface area contributed by atoms with Crippen molar-refractivity contribution in [2.75, 3.05) is 13.1 Å². The summed E-state index contributed by atoms with van der Waals surface area (Å²) in [6.07, 6.45) is 6.02. The Morgan fingerprint density at radius 1 is 1.25 bits per heavy atom. The van der Waals surface area contributed by atoms with E-state index in [1.54, 1.807) is 24.0 Å². The molecule has 2 N–H and O–H groups in total. The van der Waals surface area contributed by atoms with Gasteiger partial charge in [-0.2, -0.15) is 0 Å². The first-order valence-corrected chi connectivity index (χ1v) is 10.4. The van der Waals surface area contributed by atoms with Crippen LogP contribution < -0.4 is 5.32 Å². The molecule has 7 heteroatoms. The molecule has 1 heterocycles. The van der Waals surface area contributed by atoms with E-state index < -0.39 is 17.6 Å². The molecule has 1 fully saturated rings. The van der Waals surface area contributed by atoms with E-state index in [0.717, 1.165) is 23.4 Å². The quantitative estimate of drug-likeness (QED) is 0.562. The Bertz CT molecular complexity index is 805. The third kappa shape index (κ3) is 5.52. The van der Waals surface area contributed by atoms with Gasteiger partial charge in [0.2, 0.25) is 0 Å². The number of hydrogen-bond acceptors (Lipinski definition) is 4. The summed E-state index contributed by atoms with van der Waals surface area (Å²) in [6, 6.07) is 6.40. The van der Waals surface area contributed by atoms with Crippen LogP contribution in [0, 0.1) is 11.6 Å². The van der Waals surface area contributed by atoms with Gasteiger partial charge in [0.05, 0.1) is 0 Å². The Morgan fingerprint density at radius 2 is 2.00 bits per heavy atom. The highest BCUT2D eigenvalue weighted by molar-refractivity contribution is 8.00. The van der Waals surface area contributed by atoms with E-state index in [9.17, 15) is 13.6 Å². The predicted octanol–water partition coefficient (Wildman–Crippen LogP) is 4.67. The van der Waals surface area contributed by atoms with E-state index in [2.05, 4.69) is 10.3 Å². The third-order valence-electron chi connectivity index (χ3n) is 4.85. The lowest BCUT2D eigenvalue weighted by molar-refractivity contribution is -0.137. The standard InChI is InChI=1S/C21H24F2N2O2S/c22-18-12-14(16-6-2-10-25-21(16)28-15-4-1-5-15)13-19(23)17(18)8-11-24-9-3-7-20(26)27/h2,6,10,12-13,15,24H,1,3-5,7-9,11H2,(H,26,27). The van der Waals surface area contributed by atoms with E-state index in [-0.39, 0.29) is 18.4 Å². The van der Waals surface area contributed by atoms with Crippen LogP contribution in [0.5, 0.6) is 0 Å². The molecule has 1 aliphatic carbocycles. The zero-order chi connectivity index (χ0) is 19.9. The first-order chi connectivity index (χ1) is 13.5. The van der Waals surface area contributed by atoms with Crippen LogP contribution in [0.3, 0.4) is 0 Å². The molecule has 2 aromatic rings. The molecule has 0 radical (unpaired) electrons. The molecule has 150 valence electrons. The zero-order valence-electron chi connectivity index (χ0n) is 15.6. The summed E-state index contributed by atoms with van der Waals surface area (Å²) in [5, 5.41) is 13.0. The molecule has 1 aromatic carbocycles. The maximum Gasteiger partial charge on any atom is 0.303 e. The van der Waals surface area contributed by atoms with Crippen LogP contribution >= 0.6 is 11.8 Å². The van der Waals surface area contributed by atoms with Gasteiger partial charge in [-0.3, -0.25) is 4.79 Å². The first-order valence-electron chi connectivity index (χ1n) is 9.57. The number of thioether (sulfide) groups is 1. The fourth-order valence-corrected chi connectivity index (χ4v) is 4.37. The summed E-state index contributed by atoms with van der Waals surface area (Å²) >= 11 is 1.68. The smallest absolute Gasteiger partial charge is 0.303 e. The number of carbonyl (C=O) groups is 1. The number of hydrogen-bond donors (Lipinski definition) is 2. The van der Waals surface area contributed by atoms with Crippen molar-refractivity contribution in [3.63, 3.8) is 0 Å². The minimum Gasteiger partial charge on any atom is -0.481 e. The van der Waals surface area contributed by atoms with Gasteiger partial charge in [-0.1, -0.05) is 12.5 Å². The summed E-state index contributed by atoms with van der Waals surface area (Å²) in [5.41, 5.74) is 1.31. The van der Waals surface area contributed by atoms with Crippen LogP contribution in [0.25, 0.3) is 11.1 Å². The normalized spacial score (nSPS) is 14.1. The third-order valence-corrected chi connectivity index (χ3v) is 6.20. The Hall–Kier alpha value is -1.99. The van der Waals surface area contributed by atoms with Gasteiger partial charge in [0.15, 0.2) is 0 Å². The molecular weight excluding hydrogens is 382 g/mol. The van der Waals surface area contributed by atoms with Gasteiger partial charge >= 0.3 is 5.97 Å². The fraction of sp³-hybridized carbons (Fsp3) is 0.429. The molecule has 1 saturated carbocycles. The summed E-state index contributed by atoms with van der Waals surface area (Å²) in [6.45, 7) is 0.896. The molecule has 3 rings (SSSR count). The molecule has 4 nitrogen and oxygen atoms in total. The van der Waals surface area contributed by atoms with E-state index >= 15 is 0 Å². The van der Waals surface area contributed by atoms with Crippen molar-refractivity contribution < 1.29 is 18.7 Å². The van der Waals surface area contributed by atoms with Crippen LogP contribution in [0.15, 0.2) is 35.5 Å². The highest BCUT2D eigenvalue weighted by atomic mass is 32.2. The average molecular weight is 406 g/mol. The molecule has 0 amide bonds. The second kappa shape index (κ2) is 9.98. The van der Waals surface area contributed by atoms with Crippen molar-refractivity contribution in [3.8, 4) is 11.1 Å². The SMILES string of the molecule is O=C(O)CCCNCCc1c(F)cc(-c2cccnc2SC2CCC2)cc1F. The van der Waals surface area contributed by atoms with Crippen LogP contribution in [0.2, 0.25) is 0 Å². The van der Waals surface area contributed by atoms with Gasteiger partial charge in [0.25, 0.3) is 0 Å².